The Hall–Kier alpha value is -2.38. The van der Waals surface area contributed by atoms with E-state index in [1.165, 1.54) is 13.2 Å². The third-order valence-electron chi connectivity index (χ3n) is 3.73. The summed E-state index contributed by atoms with van der Waals surface area (Å²) in [4.78, 5) is 26.3. The Morgan fingerprint density at radius 1 is 1.46 bits per heavy atom. The largest absolute Gasteiger partial charge is 0.377 e. The first kappa shape index (κ1) is 16.5. The Balaban J connectivity index is 1.64. The zero-order chi connectivity index (χ0) is 17.1. The van der Waals surface area contributed by atoms with Crippen LogP contribution in [-0.4, -0.2) is 36.7 Å². The van der Waals surface area contributed by atoms with Crippen molar-refractivity contribution in [2.75, 3.05) is 18.6 Å². The van der Waals surface area contributed by atoms with E-state index in [4.69, 9.17) is 20.9 Å². The minimum atomic E-state index is -0.587. The first-order chi connectivity index (χ1) is 11.6. The first-order valence-electron chi connectivity index (χ1n) is 7.41. The number of carbonyl (C=O) groups excluding carboxylic acids is 2. The molecule has 0 aliphatic carbocycles. The second kappa shape index (κ2) is 7.02. The van der Waals surface area contributed by atoms with Gasteiger partial charge in [0.25, 0.3) is 5.91 Å². The molecule has 0 radical (unpaired) electrons. The average molecular weight is 350 g/mol. The number of rotatable bonds is 5. The van der Waals surface area contributed by atoms with Crippen molar-refractivity contribution in [1.82, 2.24) is 10.5 Å². The summed E-state index contributed by atoms with van der Waals surface area (Å²) in [6.07, 6.45) is 0.524. The number of benzene rings is 1. The number of carbonyl (C=O) groups is 2. The summed E-state index contributed by atoms with van der Waals surface area (Å²) in [5, 5.41) is 6.98. The molecule has 7 nitrogen and oxygen atoms in total. The van der Waals surface area contributed by atoms with Gasteiger partial charge in [-0.05, 0) is 30.7 Å². The normalized spacial score (nSPS) is 17.3. The van der Waals surface area contributed by atoms with Crippen LogP contribution < -0.4 is 10.2 Å². The summed E-state index contributed by atoms with van der Waals surface area (Å²) in [7, 11) is 1.52. The van der Waals surface area contributed by atoms with Crippen LogP contribution in [-0.2, 0) is 16.1 Å². The van der Waals surface area contributed by atoms with Crippen molar-refractivity contribution in [3.63, 3.8) is 0 Å². The Morgan fingerprint density at radius 3 is 2.92 bits per heavy atom. The van der Waals surface area contributed by atoms with Gasteiger partial charge in [-0.3, -0.25) is 9.59 Å². The van der Waals surface area contributed by atoms with Crippen LogP contribution in [0.2, 0.25) is 5.02 Å². The van der Waals surface area contributed by atoms with E-state index in [0.717, 1.165) is 5.69 Å². The Kier molecular flexibility index (Phi) is 4.82. The molecule has 3 rings (SSSR count). The van der Waals surface area contributed by atoms with Gasteiger partial charge >= 0.3 is 0 Å². The number of methoxy groups -OCH3 is 1. The fraction of sp³-hybridized carbons (Fsp3) is 0.312. The Morgan fingerprint density at radius 2 is 2.21 bits per heavy atom. The molecule has 1 aliphatic heterocycles. The Labute approximate surface area is 143 Å². The van der Waals surface area contributed by atoms with Gasteiger partial charge in [0.2, 0.25) is 5.91 Å². The monoisotopic (exact) mass is 349 g/mol. The zero-order valence-electron chi connectivity index (χ0n) is 13.0. The maximum Gasteiger partial charge on any atom is 0.274 e. The number of nitrogens with one attached hydrogen (secondary N) is 1. The van der Waals surface area contributed by atoms with Gasteiger partial charge in [-0.1, -0.05) is 16.8 Å². The lowest BCUT2D eigenvalue weighted by molar-refractivity contribution is -0.118. The van der Waals surface area contributed by atoms with Gasteiger partial charge in [0.15, 0.2) is 11.5 Å². The van der Waals surface area contributed by atoms with Gasteiger partial charge < -0.3 is 19.5 Å². The molecule has 24 heavy (non-hydrogen) atoms. The summed E-state index contributed by atoms with van der Waals surface area (Å²) >= 11 is 5.86. The molecule has 1 aromatic heterocycles. The molecule has 1 N–H and O–H groups in total. The molecule has 1 aromatic carbocycles. The van der Waals surface area contributed by atoms with Gasteiger partial charge in [0, 0.05) is 30.4 Å². The van der Waals surface area contributed by atoms with Gasteiger partial charge in [-0.2, -0.15) is 0 Å². The van der Waals surface area contributed by atoms with E-state index in [0.29, 0.717) is 23.7 Å². The van der Waals surface area contributed by atoms with Crippen molar-refractivity contribution in [2.24, 2.45) is 0 Å². The van der Waals surface area contributed by atoms with Crippen molar-refractivity contribution in [1.29, 1.82) is 0 Å². The molecular formula is C16H16ClN3O4. The standard InChI is InChI=1S/C16H16ClN3O4/c1-23-9-12-8-14(19-24-12)15(21)18-13-6-7-20(16(13)22)11-4-2-10(17)3-5-11/h2-5,8,13H,6-7,9H2,1H3,(H,18,21). The van der Waals surface area contributed by atoms with Gasteiger partial charge in [-0.15, -0.1) is 0 Å². The quantitative estimate of drug-likeness (QED) is 0.892. The number of hydrogen-bond donors (Lipinski definition) is 1. The number of hydrogen-bond acceptors (Lipinski definition) is 5. The maximum atomic E-state index is 12.5. The minimum Gasteiger partial charge on any atom is -0.377 e. The van der Waals surface area contributed by atoms with E-state index in [1.807, 2.05) is 0 Å². The molecule has 8 heteroatoms. The predicted octanol–water partition coefficient (Wildman–Crippen LogP) is 2.01. The molecule has 1 saturated heterocycles. The number of nitrogens with zero attached hydrogens (tertiary/aromatic N) is 2. The molecule has 1 unspecified atom stereocenters. The second-order valence-electron chi connectivity index (χ2n) is 5.39. The van der Waals surface area contributed by atoms with Crippen LogP contribution in [0.15, 0.2) is 34.9 Å². The third-order valence-corrected chi connectivity index (χ3v) is 3.98. The van der Waals surface area contributed by atoms with Crippen molar-refractivity contribution in [3.8, 4) is 0 Å². The number of anilines is 1. The maximum absolute atomic E-state index is 12.5. The average Bonchev–Trinajstić information content (AvgIpc) is 3.17. The molecule has 0 bridgehead atoms. The molecular weight excluding hydrogens is 334 g/mol. The van der Waals surface area contributed by atoms with Crippen LogP contribution in [0.3, 0.4) is 0 Å². The highest BCUT2D eigenvalue weighted by Gasteiger charge is 2.34. The highest BCUT2D eigenvalue weighted by atomic mass is 35.5. The summed E-state index contributed by atoms with van der Waals surface area (Å²) in [5.74, 6) is -0.160. The molecule has 126 valence electrons. The van der Waals surface area contributed by atoms with E-state index in [1.54, 1.807) is 29.2 Å². The molecule has 0 spiro atoms. The number of ether oxygens (including phenoxy) is 1. The summed E-state index contributed by atoms with van der Waals surface area (Å²) in [5.41, 5.74) is 0.879. The summed E-state index contributed by atoms with van der Waals surface area (Å²) < 4.78 is 9.88. The fourth-order valence-electron chi connectivity index (χ4n) is 2.55. The highest BCUT2D eigenvalue weighted by molar-refractivity contribution is 6.30. The van der Waals surface area contributed by atoms with Gasteiger partial charge in [0.05, 0.1) is 0 Å². The van der Waals surface area contributed by atoms with Gasteiger partial charge in [0.1, 0.15) is 12.6 Å². The lowest BCUT2D eigenvalue weighted by Crippen LogP contribution is -2.41. The van der Waals surface area contributed by atoms with Crippen LogP contribution in [0.5, 0.6) is 0 Å². The van der Waals surface area contributed by atoms with E-state index in [2.05, 4.69) is 10.5 Å². The van der Waals surface area contributed by atoms with Crippen molar-refractivity contribution >= 4 is 29.1 Å². The minimum absolute atomic E-state index is 0.125. The van der Waals surface area contributed by atoms with Crippen LogP contribution in [0.25, 0.3) is 0 Å². The van der Waals surface area contributed by atoms with Crippen LogP contribution in [0.1, 0.15) is 22.7 Å². The summed E-state index contributed by atoms with van der Waals surface area (Å²) in [6.45, 7) is 0.756. The lowest BCUT2D eigenvalue weighted by atomic mass is 10.2. The van der Waals surface area contributed by atoms with E-state index in [9.17, 15) is 9.59 Å². The van der Waals surface area contributed by atoms with Crippen molar-refractivity contribution in [3.05, 3.63) is 46.8 Å². The number of aromatic nitrogens is 1. The molecule has 1 aliphatic rings. The van der Waals surface area contributed by atoms with Crippen molar-refractivity contribution < 1.29 is 18.8 Å². The molecule has 1 fully saturated rings. The molecule has 1 atom stereocenters. The molecule has 2 heterocycles. The SMILES string of the molecule is COCc1cc(C(=O)NC2CCN(c3ccc(Cl)cc3)C2=O)no1. The predicted molar refractivity (Wildman–Crippen MR) is 86.9 cm³/mol. The Bertz CT molecular complexity index is 744. The number of amides is 2. The first-order valence-corrected chi connectivity index (χ1v) is 7.78. The highest BCUT2D eigenvalue weighted by Crippen LogP contribution is 2.23. The van der Waals surface area contributed by atoms with Crippen LogP contribution >= 0.6 is 11.6 Å². The topological polar surface area (TPSA) is 84.7 Å². The molecule has 2 aromatic rings. The van der Waals surface area contributed by atoms with Crippen molar-refractivity contribution in [2.45, 2.75) is 19.1 Å². The molecule has 2 amide bonds. The van der Waals surface area contributed by atoms with E-state index < -0.39 is 11.9 Å². The molecule has 0 saturated carbocycles. The summed E-state index contributed by atoms with van der Waals surface area (Å²) in [6, 6.07) is 7.91. The second-order valence-corrected chi connectivity index (χ2v) is 5.83. The lowest BCUT2D eigenvalue weighted by Gasteiger charge is -2.17. The fourth-order valence-corrected chi connectivity index (χ4v) is 2.68. The van der Waals surface area contributed by atoms with E-state index >= 15 is 0 Å². The van der Waals surface area contributed by atoms with Crippen LogP contribution in [0, 0.1) is 0 Å². The third kappa shape index (κ3) is 3.42. The smallest absolute Gasteiger partial charge is 0.274 e. The van der Waals surface area contributed by atoms with Gasteiger partial charge in [-0.25, -0.2) is 0 Å². The number of halogens is 1. The van der Waals surface area contributed by atoms with Crippen LogP contribution in [0.4, 0.5) is 5.69 Å². The zero-order valence-corrected chi connectivity index (χ0v) is 13.7. The van der Waals surface area contributed by atoms with E-state index in [-0.39, 0.29) is 18.2 Å².